The van der Waals surface area contributed by atoms with Crippen molar-refractivity contribution in [3.8, 4) is 0 Å². The quantitative estimate of drug-likeness (QED) is 0.675. The number of hydrogen-bond donors (Lipinski definition) is 2. The van der Waals surface area contributed by atoms with E-state index < -0.39 is 0 Å². The van der Waals surface area contributed by atoms with Crippen LogP contribution < -0.4 is 10.6 Å². The van der Waals surface area contributed by atoms with E-state index in [0.717, 1.165) is 21.2 Å². The van der Waals surface area contributed by atoms with E-state index in [1.165, 1.54) is 0 Å². The normalized spacial score (nSPS) is 10.6. The Morgan fingerprint density at radius 3 is 1.58 bits per heavy atom. The van der Waals surface area contributed by atoms with Gasteiger partial charge in [0.2, 0.25) is 11.8 Å². The second-order valence-electron chi connectivity index (χ2n) is 5.67. The molecular weight excluding hydrogens is 366 g/mol. The van der Waals surface area contributed by atoms with E-state index in [9.17, 15) is 9.59 Å². The number of rotatable bonds is 8. The summed E-state index contributed by atoms with van der Waals surface area (Å²) in [6.45, 7) is 0.278. The second kappa shape index (κ2) is 10.3. The molecule has 0 aromatic heterocycles. The summed E-state index contributed by atoms with van der Waals surface area (Å²) in [4.78, 5) is 28.2. The van der Waals surface area contributed by atoms with E-state index in [2.05, 4.69) is 10.6 Å². The summed E-state index contributed by atoms with van der Waals surface area (Å²) in [5, 5.41) is 5.79. The number of carbonyl (C=O) groups excluding carboxylic acids is 2. The summed E-state index contributed by atoms with van der Waals surface area (Å²) in [7, 11) is 1.75. The Bertz CT molecular complexity index is 704. The number of thioether (sulfide) groups is 2. The largest absolute Gasteiger partial charge is 0.324 e. The first-order valence-corrected chi connectivity index (χ1v) is 10.5. The predicted octanol–water partition coefficient (Wildman–Crippen LogP) is 3.64. The summed E-state index contributed by atoms with van der Waals surface area (Å²) in [5.74, 6) is -0.294. The summed E-state index contributed by atoms with van der Waals surface area (Å²) < 4.78 is 0. The van der Waals surface area contributed by atoms with Gasteiger partial charge in [0.15, 0.2) is 0 Å². The lowest BCUT2D eigenvalue weighted by Crippen LogP contribution is -2.36. The third kappa shape index (κ3) is 6.09. The van der Waals surface area contributed by atoms with Gasteiger partial charge in [-0.2, -0.15) is 0 Å². The Morgan fingerprint density at radius 1 is 0.808 bits per heavy atom. The number of likely N-dealkylation sites (N-methyl/N-ethyl adjacent to an activating group) is 1. The highest BCUT2D eigenvalue weighted by Crippen LogP contribution is 2.25. The van der Waals surface area contributed by atoms with Crippen LogP contribution >= 0.6 is 23.5 Å². The Balaban J connectivity index is 1.86. The van der Waals surface area contributed by atoms with Gasteiger partial charge in [-0.15, -0.1) is 23.5 Å². The number of nitrogens with one attached hydrogen (secondary N) is 2. The highest BCUT2D eigenvalue weighted by molar-refractivity contribution is 7.99. The van der Waals surface area contributed by atoms with Gasteiger partial charge in [-0.3, -0.25) is 14.5 Å². The van der Waals surface area contributed by atoms with E-state index >= 15 is 0 Å². The average molecular weight is 390 g/mol. The van der Waals surface area contributed by atoms with Crippen molar-refractivity contribution in [3.05, 3.63) is 48.5 Å². The van der Waals surface area contributed by atoms with Crippen LogP contribution in [-0.2, 0) is 9.59 Å². The molecule has 2 amide bonds. The molecule has 2 rings (SSSR count). The molecule has 5 nitrogen and oxygen atoms in total. The monoisotopic (exact) mass is 389 g/mol. The summed E-state index contributed by atoms with van der Waals surface area (Å²) in [6.07, 6.45) is 3.93. The maximum atomic E-state index is 12.2. The minimum absolute atomic E-state index is 0.139. The first-order chi connectivity index (χ1) is 12.5. The van der Waals surface area contributed by atoms with Crippen LogP contribution in [0.15, 0.2) is 58.3 Å². The minimum atomic E-state index is -0.147. The number of para-hydroxylation sites is 2. The molecule has 7 heteroatoms. The van der Waals surface area contributed by atoms with Crippen LogP contribution in [0.3, 0.4) is 0 Å². The number of anilines is 2. The summed E-state index contributed by atoms with van der Waals surface area (Å²) in [6, 6.07) is 15.3. The second-order valence-corrected chi connectivity index (χ2v) is 7.37. The zero-order valence-electron chi connectivity index (χ0n) is 15.1. The van der Waals surface area contributed by atoms with Crippen molar-refractivity contribution in [2.24, 2.45) is 0 Å². The van der Waals surface area contributed by atoms with Gasteiger partial charge in [-0.25, -0.2) is 0 Å². The molecule has 0 saturated heterocycles. The average Bonchev–Trinajstić information content (AvgIpc) is 2.62. The van der Waals surface area contributed by atoms with E-state index in [1.54, 1.807) is 35.5 Å². The van der Waals surface area contributed by atoms with Crippen LogP contribution in [0.4, 0.5) is 11.4 Å². The van der Waals surface area contributed by atoms with Crippen molar-refractivity contribution < 1.29 is 9.59 Å². The zero-order valence-corrected chi connectivity index (χ0v) is 16.7. The molecule has 0 fully saturated rings. The zero-order chi connectivity index (χ0) is 18.9. The van der Waals surface area contributed by atoms with Crippen molar-refractivity contribution >= 4 is 46.7 Å². The van der Waals surface area contributed by atoms with Crippen molar-refractivity contribution in [3.63, 3.8) is 0 Å². The fraction of sp³-hybridized carbons (Fsp3) is 0.263. The predicted molar refractivity (Wildman–Crippen MR) is 111 cm³/mol. The number of nitrogens with zero attached hydrogens (tertiary/aromatic N) is 1. The fourth-order valence-corrected chi connectivity index (χ4v) is 3.53. The number of amides is 2. The molecule has 2 aromatic carbocycles. The first kappa shape index (κ1) is 20.4. The highest BCUT2D eigenvalue weighted by atomic mass is 32.2. The topological polar surface area (TPSA) is 61.4 Å². The molecule has 0 bridgehead atoms. The molecule has 2 N–H and O–H groups in total. The van der Waals surface area contributed by atoms with Crippen LogP contribution in [0.25, 0.3) is 0 Å². The molecule has 138 valence electrons. The van der Waals surface area contributed by atoms with Gasteiger partial charge in [0, 0.05) is 9.79 Å². The molecule has 0 atom stereocenters. The van der Waals surface area contributed by atoms with Gasteiger partial charge in [0.25, 0.3) is 0 Å². The Morgan fingerprint density at radius 2 is 1.19 bits per heavy atom. The minimum Gasteiger partial charge on any atom is -0.324 e. The molecule has 0 aliphatic rings. The smallest absolute Gasteiger partial charge is 0.238 e. The molecule has 0 saturated carbocycles. The molecule has 0 aliphatic heterocycles. The molecule has 0 aliphatic carbocycles. The lowest BCUT2D eigenvalue weighted by Gasteiger charge is -2.17. The van der Waals surface area contributed by atoms with E-state index in [1.807, 2.05) is 61.0 Å². The summed E-state index contributed by atoms with van der Waals surface area (Å²) in [5.41, 5.74) is 1.58. The van der Waals surface area contributed by atoms with Gasteiger partial charge in [0.05, 0.1) is 24.5 Å². The number of hydrogen-bond acceptors (Lipinski definition) is 5. The van der Waals surface area contributed by atoms with Gasteiger partial charge >= 0.3 is 0 Å². The SMILES string of the molecule is CSc1ccccc1NC(=O)CN(C)CC(=O)Nc1ccccc1SC. The molecule has 0 unspecified atom stereocenters. The lowest BCUT2D eigenvalue weighted by atomic mass is 10.3. The Hall–Kier alpha value is -1.96. The molecule has 0 heterocycles. The maximum absolute atomic E-state index is 12.2. The Labute approximate surface area is 162 Å². The Kier molecular flexibility index (Phi) is 8.03. The van der Waals surface area contributed by atoms with Crippen molar-refractivity contribution in [2.45, 2.75) is 9.79 Å². The van der Waals surface area contributed by atoms with Crippen LogP contribution in [0.1, 0.15) is 0 Å². The van der Waals surface area contributed by atoms with E-state index in [4.69, 9.17) is 0 Å². The van der Waals surface area contributed by atoms with Crippen LogP contribution in [0.2, 0.25) is 0 Å². The van der Waals surface area contributed by atoms with Crippen LogP contribution in [-0.4, -0.2) is 49.4 Å². The molecule has 2 aromatic rings. The van der Waals surface area contributed by atoms with Crippen LogP contribution in [0, 0.1) is 0 Å². The van der Waals surface area contributed by atoms with Crippen molar-refractivity contribution in [1.29, 1.82) is 0 Å². The molecular formula is C19H23N3O2S2. The standard InChI is InChI=1S/C19H23N3O2S2/c1-22(12-18(23)20-14-8-4-6-10-16(14)25-2)13-19(24)21-15-9-5-7-11-17(15)26-3/h4-11H,12-13H2,1-3H3,(H,20,23)(H,21,24). The van der Waals surface area contributed by atoms with Gasteiger partial charge in [0.1, 0.15) is 0 Å². The fourth-order valence-electron chi connectivity index (χ4n) is 2.42. The van der Waals surface area contributed by atoms with Crippen molar-refractivity contribution in [2.75, 3.05) is 43.3 Å². The molecule has 0 spiro atoms. The number of carbonyl (C=O) groups is 2. The summed E-state index contributed by atoms with van der Waals surface area (Å²) >= 11 is 3.15. The molecule has 26 heavy (non-hydrogen) atoms. The third-order valence-electron chi connectivity index (χ3n) is 3.59. The van der Waals surface area contributed by atoms with E-state index in [-0.39, 0.29) is 24.9 Å². The first-order valence-electron chi connectivity index (χ1n) is 8.07. The van der Waals surface area contributed by atoms with E-state index in [0.29, 0.717) is 0 Å². The lowest BCUT2D eigenvalue weighted by molar-refractivity contribution is -0.119. The molecule has 0 radical (unpaired) electrons. The van der Waals surface area contributed by atoms with Crippen LogP contribution in [0.5, 0.6) is 0 Å². The number of benzene rings is 2. The van der Waals surface area contributed by atoms with Gasteiger partial charge in [-0.05, 0) is 43.8 Å². The third-order valence-corrected chi connectivity index (χ3v) is 5.18. The van der Waals surface area contributed by atoms with Gasteiger partial charge in [-0.1, -0.05) is 24.3 Å². The van der Waals surface area contributed by atoms with Gasteiger partial charge < -0.3 is 10.6 Å². The van der Waals surface area contributed by atoms with Crippen molar-refractivity contribution in [1.82, 2.24) is 4.90 Å². The maximum Gasteiger partial charge on any atom is 0.238 e. The highest BCUT2D eigenvalue weighted by Gasteiger charge is 2.13.